The molecule has 0 aliphatic heterocycles. The highest BCUT2D eigenvalue weighted by molar-refractivity contribution is 5.87. The number of aryl methyl sites for hydroxylation is 1. The number of nitrogens with one attached hydrogen (secondary N) is 1. The van der Waals surface area contributed by atoms with Gasteiger partial charge in [0.1, 0.15) is 5.82 Å². The molecule has 0 bridgehead atoms. The normalized spacial score (nSPS) is 10.2. The van der Waals surface area contributed by atoms with Crippen LogP contribution in [0.25, 0.3) is 0 Å². The number of benzene rings is 2. The highest BCUT2D eigenvalue weighted by Crippen LogP contribution is 2.13. The van der Waals surface area contributed by atoms with Gasteiger partial charge in [0.25, 0.3) is 0 Å². The van der Waals surface area contributed by atoms with Crippen LogP contribution in [-0.4, -0.2) is 11.1 Å². The van der Waals surface area contributed by atoms with Crippen molar-refractivity contribution in [1.29, 1.82) is 0 Å². The molecule has 0 fully saturated rings. The lowest BCUT2D eigenvalue weighted by molar-refractivity contribution is 0.0697. The predicted octanol–water partition coefficient (Wildman–Crippen LogP) is 3.44. The minimum absolute atomic E-state index is 0.213. The van der Waals surface area contributed by atoms with Gasteiger partial charge in [-0.25, -0.2) is 9.18 Å². The van der Waals surface area contributed by atoms with Crippen LogP contribution in [0.4, 0.5) is 10.1 Å². The summed E-state index contributed by atoms with van der Waals surface area (Å²) in [4.78, 5) is 10.7. The van der Waals surface area contributed by atoms with Crippen molar-refractivity contribution in [3.63, 3.8) is 0 Å². The summed E-state index contributed by atoms with van der Waals surface area (Å²) < 4.78 is 13.1. The fourth-order valence-corrected chi connectivity index (χ4v) is 1.75. The number of halogens is 1. The maximum Gasteiger partial charge on any atom is 0.335 e. The summed E-state index contributed by atoms with van der Waals surface area (Å²) in [6.07, 6.45) is 0. The van der Waals surface area contributed by atoms with Crippen molar-refractivity contribution in [2.75, 3.05) is 5.32 Å². The van der Waals surface area contributed by atoms with Gasteiger partial charge in [-0.1, -0.05) is 12.1 Å². The molecule has 0 heterocycles. The van der Waals surface area contributed by atoms with E-state index >= 15 is 0 Å². The van der Waals surface area contributed by atoms with Crippen LogP contribution in [0.15, 0.2) is 42.5 Å². The summed E-state index contributed by atoms with van der Waals surface area (Å²) >= 11 is 0. The Balaban J connectivity index is 2.01. The molecule has 0 unspecified atom stereocenters. The Labute approximate surface area is 110 Å². The summed E-state index contributed by atoms with van der Waals surface area (Å²) in [5.41, 5.74) is 2.66. The number of anilines is 1. The largest absolute Gasteiger partial charge is 0.478 e. The molecule has 2 aromatic carbocycles. The highest BCUT2D eigenvalue weighted by atomic mass is 19.1. The molecule has 98 valence electrons. The fourth-order valence-electron chi connectivity index (χ4n) is 1.75. The summed E-state index contributed by atoms with van der Waals surface area (Å²) in [5, 5.41) is 11.9. The van der Waals surface area contributed by atoms with Crippen LogP contribution in [0.5, 0.6) is 0 Å². The summed E-state index contributed by atoms with van der Waals surface area (Å²) in [6, 6.07) is 11.5. The molecule has 0 saturated carbocycles. The third-order valence-electron chi connectivity index (χ3n) is 2.85. The Morgan fingerprint density at radius 3 is 2.47 bits per heavy atom. The minimum Gasteiger partial charge on any atom is -0.478 e. The zero-order valence-electron chi connectivity index (χ0n) is 10.5. The van der Waals surface area contributed by atoms with Gasteiger partial charge >= 0.3 is 5.97 Å². The molecule has 19 heavy (non-hydrogen) atoms. The van der Waals surface area contributed by atoms with Gasteiger partial charge in [0, 0.05) is 12.2 Å². The molecule has 0 aromatic heterocycles. The standard InChI is InChI=1S/C15H14FNO2/c1-10-8-11(2-7-14(10)16)9-17-13-5-3-12(4-6-13)15(18)19/h2-8,17H,9H2,1H3,(H,18,19). The van der Waals surface area contributed by atoms with Crippen molar-refractivity contribution in [2.45, 2.75) is 13.5 Å². The molecule has 0 saturated heterocycles. The number of rotatable bonds is 4. The van der Waals surface area contributed by atoms with Gasteiger partial charge in [-0.3, -0.25) is 0 Å². The third kappa shape index (κ3) is 3.31. The molecule has 0 amide bonds. The molecular formula is C15H14FNO2. The molecule has 3 nitrogen and oxygen atoms in total. The molecule has 0 atom stereocenters. The third-order valence-corrected chi connectivity index (χ3v) is 2.85. The number of aromatic carboxylic acids is 1. The topological polar surface area (TPSA) is 49.3 Å². The van der Waals surface area contributed by atoms with E-state index in [9.17, 15) is 9.18 Å². The van der Waals surface area contributed by atoms with Gasteiger partial charge in [-0.05, 0) is 48.4 Å². The zero-order chi connectivity index (χ0) is 13.8. The summed E-state index contributed by atoms with van der Waals surface area (Å²) in [5.74, 6) is -1.16. The van der Waals surface area contributed by atoms with Gasteiger partial charge in [-0.2, -0.15) is 0 Å². The number of carboxylic acid groups (broad SMARTS) is 1. The SMILES string of the molecule is Cc1cc(CNc2ccc(C(=O)O)cc2)ccc1F. The van der Waals surface area contributed by atoms with E-state index in [1.807, 2.05) is 0 Å². The van der Waals surface area contributed by atoms with E-state index in [4.69, 9.17) is 5.11 Å². The predicted molar refractivity (Wildman–Crippen MR) is 71.9 cm³/mol. The second-order valence-corrected chi connectivity index (χ2v) is 4.32. The van der Waals surface area contributed by atoms with E-state index in [2.05, 4.69) is 5.32 Å². The molecule has 0 radical (unpaired) electrons. The maximum atomic E-state index is 13.1. The Bertz CT molecular complexity index is 594. The molecule has 2 rings (SSSR count). The number of hydrogen-bond acceptors (Lipinski definition) is 2. The van der Waals surface area contributed by atoms with Crippen molar-refractivity contribution >= 4 is 11.7 Å². The minimum atomic E-state index is -0.944. The first kappa shape index (κ1) is 13.1. The van der Waals surface area contributed by atoms with Gasteiger partial charge < -0.3 is 10.4 Å². The number of carboxylic acids is 1. The first-order valence-electron chi connectivity index (χ1n) is 5.88. The van der Waals surface area contributed by atoms with Gasteiger partial charge in [0.15, 0.2) is 0 Å². The lowest BCUT2D eigenvalue weighted by Crippen LogP contribution is -2.01. The smallest absolute Gasteiger partial charge is 0.335 e. The number of carbonyl (C=O) groups is 1. The molecule has 4 heteroatoms. The van der Waals surface area contributed by atoms with E-state index in [1.54, 1.807) is 43.3 Å². The zero-order valence-corrected chi connectivity index (χ0v) is 10.5. The van der Waals surface area contributed by atoms with Crippen LogP contribution >= 0.6 is 0 Å². The Hall–Kier alpha value is -2.36. The van der Waals surface area contributed by atoms with Crippen molar-refractivity contribution < 1.29 is 14.3 Å². The van der Waals surface area contributed by atoms with Crippen LogP contribution in [0.2, 0.25) is 0 Å². The first-order chi connectivity index (χ1) is 9.06. The summed E-state index contributed by atoms with van der Waals surface area (Å²) in [7, 11) is 0. The van der Waals surface area contributed by atoms with Crippen molar-refractivity contribution in [1.82, 2.24) is 0 Å². The molecule has 0 aliphatic rings. The van der Waals surface area contributed by atoms with Crippen LogP contribution in [0, 0.1) is 12.7 Å². The lowest BCUT2D eigenvalue weighted by atomic mass is 10.1. The van der Waals surface area contributed by atoms with E-state index in [0.29, 0.717) is 12.1 Å². The van der Waals surface area contributed by atoms with Crippen LogP contribution in [0.1, 0.15) is 21.5 Å². The second kappa shape index (κ2) is 5.52. The molecule has 0 aliphatic carbocycles. The van der Waals surface area contributed by atoms with Gasteiger partial charge in [0.05, 0.1) is 5.56 Å². The van der Waals surface area contributed by atoms with E-state index in [-0.39, 0.29) is 11.4 Å². The lowest BCUT2D eigenvalue weighted by Gasteiger charge is -2.08. The highest BCUT2D eigenvalue weighted by Gasteiger charge is 2.02. The van der Waals surface area contributed by atoms with E-state index in [1.165, 1.54) is 6.07 Å². The Morgan fingerprint density at radius 2 is 1.89 bits per heavy atom. The number of hydrogen-bond donors (Lipinski definition) is 2. The van der Waals surface area contributed by atoms with E-state index in [0.717, 1.165) is 11.3 Å². The second-order valence-electron chi connectivity index (χ2n) is 4.32. The average Bonchev–Trinajstić information content (AvgIpc) is 2.40. The van der Waals surface area contributed by atoms with Crippen molar-refractivity contribution in [2.24, 2.45) is 0 Å². The van der Waals surface area contributed by atoms with Gasteiger partial charge in [-0.15, -0.1) is 0 Å². The monoisotopic (exact) mass is 259 g/mol. The molecular weight excluding hydrogens is 245 g/mol. The van der Waals surface area contributed by atoms with Gasteiger partial charge in [0.2, 0.25) is 0 Å². The van der Waals surface area contributed by atoms with Crippen molar-refractivity contribution in [3.05, 3.63) is 65.0 Å². The fraction of sp³-hybridized carbons (Fsp3) is 0.133. The molecule has 0 spiro atoms. The van der Waals surface area contributed by atoms with E-state index < -0.39 is 5.97 Å². The average molecular weight is 259 g/mol. The Morgan fingerprint density at radius 1 is 1.21 bits per heavy atom. The van der Waals surface area contributed by atoms with Crippen LogP contribution in [0.3, 0.4) is 0 Å². The quantitative estimate of drug-likeness (QED) is 0.884. The van der Waals surface area contributed by atoms with Crippen LogP contribution in [-0.2, 0) is 6.54 Å². The molecule has 2 aromatic rings. The van der Waals surface area contributed by atoms with Crippen molar-refractivity contribution in [3.8, 4) is 0 Å². The summed E-state index contributed by atoms with van der Waals surface area (Å²) in [6.45, 7) is 2.29. The first-order valence-corrected chi connectivity index (χ1v) is 5.88. The van der Waals surface area contributed by atoms with Crippen LogP contribution < -0.4 is 5.32 Å². The molecule has 2 N–H and O–H groups in total. The Kier molecular flexibility index (Phi) is 3.80. The maximum absolute atomic E-state index is 13.1.